The van der Waals surface area contributed by atoms with Crippen LogP contribution in [0.1, 0.15) is 63.9 Å². The third-order valence-corrected chi connectivity index (χ3v) is 4.55. The molecule has 0 unspecified atom stereocenters. The van der Waals surface area contributed by atoms with Crippen molar-refractivity contribution < 1.29 is 13.9 Å². The number of rotatable bonds is 5. The molecule has 0 radical (unpaired) electrons. The number of aliphatic hydroxyl groups is 1. The van der Waals surface area contributed by atoms with Crippen molar-refractivity contribution in [2.24, 2.45) is 5.92 Å². The fraction of sp³-hybridized carbons (Fsp3) is 0.647. The molecule has 3 heteroatoms. The topological polar surface area (TPSA) is 20.2 Å². The summed E-state index contributed by atoms with van der Waals surface area (Å²) < 4.78 is 26.6. The van der Waals surface area contributed by atoms with Crippen LogP contribution in [0.15, 0.2) is 18.2 Å². The Hall–Kier alpha value is -0.960. The van der Waals surface area contributed by atoms with Crippen LogP contribution in [0.4, 0.5) is 8.78 Å². The van der Waals surface area contributed by atoms with Crippen LogP contribution in [-0.2, 0) is 5.60 Å². The zero-order chi connectivity index (χ0) is 14.6. The highest BCUT2D eigenvalue weighted by atomic mass is 19.1. The maximum Gasteiger partial charge on any atom is 0.126 e. The van der Waals surface area contributed by atoms with E-state index in [0.717, 1.165) is 18.9 Å². The SMILES string of the molecule is CCCCCC1CCC(O)(c2cc(F)cc(F)c2)CC1. The fourth-order valence-electron chi connectivity index (χ4n) is 3.24. The van der Waals surface area contributed by atoms with Crippen molar-refractivity contribution in [1.29, 1.82) is 0 Å². The number of hydrogen-bond acceptors (Lipinski definition) is 1. The molecular formula is C17H24F2O. The second-order valence-electron chi connectivity index (χ2n) is 6.13. The largest absolute Gasteiger partial charge is 0.385 e. The third-order valence-electron chi connectivity index (χ3n) is 4.55. The highest BCUT2D eigenvalue weighted by Crippen LogP contribution is 2.41. The lowest BCUT2D eigenvalue weighted by Crippen LogP contribution is -2.31. The van der Waals surface area contributed by atoms with Gasteiger partial charge >= 0.3 is 0 Å². The molecular weight excluding hydrogens is 258 g/mol. The van der Waals surface area contributed by atoms with Crippen LogP contribution in [0.25, 0.3) is 0 Å². The molecule has 1 aliphatic carbocycles. The van der Waals surface area contributed by atoms with E-state index in [1.165, 1.54) is 37.8 Å². The minimum absolute atomic E-state index is 0.391. The molecule has 1 N–H and O–H groups in total. The molecule has 0 saturated heterocycles. The molecule has 0 spiro atoms. The zero-order valence-electron chi connectivity index (χ0n) is 12.2. The van der Waals surface area contributed by atoms with Crippen molar-refractivity contribution in [3.05, 3.63) is 35.4 Å². The van der Waals surface area contributed by atoms with E-state index in [1.807, 2.05) is 0 Å². The van der Waals surface area contributed by atoms with Crippen molar-refractivity contribution in [2.75, 3.05) is 0 Å². The Morgan fingerprint density at radius 1 is 1.10 bits per heavy atom. The molecule has 0 aromatic heterocycles. The van der Waals surface area contributed by atoms with Gasteiger partial charge in [-0.2, -0.15) is 0 Å². The van der Waals surface area contributed by atoms with E-state index in [1.54, 1.807) is 0 Å². The molecule has 1 fully saturated rings. The van der Waals surface area contributed by atoms with Gasteiger partial charge in [-0.05, 0) is 49.3 Å². The minimum Gasteiger partial charge on any atom is -0.385 e. The van der Waals surface area contributed by atoms with Gasteiger partial charge in [-0.25, -0.2) is 8.78 Å². The van der Waals surface area contributed by atoms with E-state index >= 15 is 0 Å². The van der Waals surface area contributed by atoms with Crippen molar-refractivity contribution >= 4 is 0 Å². The molecule has 0 atom stereocenters. The maximum atomic E-state index is 13.3. The Balaban J connectivity index is 1.97. The highest BCUT2D eigenvalue weighted by molar-refractivity contribution is 5.25. The third kappa shape index (κ3) is 3.78. The van der Waals surface area contributed by atoms with Crippen molar-refractivity contribution in [3.63, 3.8) is 0 Å². The van der Waals surface area contributed by atoms with Gasteiger partial charge in [0, 0.05) is 6.07 Å². The lowest BCUT2D eigenvalue weighted by Gasteiger charge is -2.36. The van der Waals surface area contributed by atoms with Crippen LogP contribution in [0.3, 0.4) is 0 Å². The minimum atomic E-state index is -1.05. The Bertz CT molecular complexity index is 416. The van der Waals surface area contributed by atoms with Gasteiger partial charge in [-0.3, -0.25) is 0 Å². The molecule has 20 heavy (non-hydrogen) atoms. The average Bonchev–Trinajstić information content (AvgIpc) is 2.40. The number of halogens is 2. The first-order valence-electron chi connectivity index (χ1n) is 7.72. The van der Waals surface area contributed by atoms with Crippen LogP contribution in [0.5, 0.6) is 0 Å². The summed E-state index contributed by atoms with van der Waals surface area (Å²) >= 11 is 0. The summed E-state index contributed by atoms with van der Waals surface area (Å²) in [5.41, 5.74) is -0.661. The van der Waals surface area contributed by atoms with Crippen LogP contribution in [-0.4, -0.2) is 5.11 Å². The van der Waals surface area contributed by atoms with Crippen LogP contribution >= 0.6 is 0 Å². The standard InChI is InChI=1S/C17H24F2O/c1-2-3-4-5-13-6-8-17(20,9-7-13)14-10-15(18)12-16(19)11-14/h10-13,20H,2-9H2,1H3. The van der Waals surface area contributed by atoms with E-state index in [9.17, 15) is 13.9 Å². The van der Waals surface area contributed by atoms with Crippen LogP contribution in [0.2, 0.25) is 0 Å². The van der Waals surface area contributed by atoms with Crippen molar-refractivity contribution in [3.8, 4) is 0 Å². The lowest BCUT2D eigenvalue weighted by atomic mass is 9.74. The van der Waals surface area contributed by atoms with Gasteiger partial charge in [-0.15, -0.1) is 0 Å². The first-order valence-corrected chi connectivity index (χ1v) is 7.72. The van der Waals surface area contributed by atoms with Gasteiger partial charge in [-0.1, -0.05) is 32.6 Å². The molecule has 1 aliphatic rings. The maximum absolute atomic E-state index is 13.3. The Kier molecular flexibility index (Phi) is 5.14. The summed E-state index contributed by atoms with van der Waals surface area (Å²) in [4.78, 5) is 0. The number of benzene rings is 1. The van der Waals surface area contributed by atoms with Gasteiger partial charge in [0.2, 0.25) is 0 Å². The Morgan fingerprint density at radius 2 is 1.70 bits per heavy atom. The normalized spacial score (nSPS) is 26.7. The predicted molar refractivity (Wildman–Crippen MR) is 76.4 cm³/mol. The molecule has 1 saturated carbocycles. The molecule has 1 aromatic carbocycles. The van der Waals surface area contributed by atoms with Crippen molar-refractivity contribution in [1.82, 2.24) is 0 Å². The zero-order valence-corrected chi connectivity index (χ0v) is 12.2. The van der Waals surface area contributed by atoms with E-state index in [-0.39, 0.29) is 0 Å². The molecule has 0 heterocycles. The summed E-state index contributed by atoms with van der Waals surface area (Å²) in [6.07, 6.45) is 8.03. The second-order valence-corrected chi connectivity index (χ2v) is 6.13. The summed E-state index contributed by atoms with van der Waals surface area (Å²) in [6, 6.07) is 3.38. The van der Waals surface area contributed by atoms with E-state index in [0.29, 0.717) is 24.3 Å². The van der Waals surface area contributed by atoms with Gasteiger partial charge in [0.05, 0.1) is 5.60 Å². The monoisotopic (exact) mass is 282 g/mol. The summed E-state index contributed by atoms with van der Waals surface area (Å²) in [6.45, 7) is 2.19. The lowest BCUT2D eigenvalue weighted by molar-refractivity contribution is -0.0159. The van der Waals surface area contributed by atoms with Crippen molar-refractivity contribution in [2.45, 2.75) is 63.9 Å². The second kappa shape index (κ2) is 6.66. The number of unbranched alkanes of at least 4 members (excludes halogenated alkanes) is 2. The molecule has 112 valence electrons. The molecule has 1 nitrogen and oxygen atoms in total. The highest BCUT2D eigenvalue weighted by Gasteiger charge is 2.35. The summed E-state index contributed by atoms with van der Waals surface area (Å²) in [7, 11) is 0. The van der Waals surface area contributed by atoms with Gasteiger partial charge in [0.25, 0.3) is 0 Å². The quantitative estimate of drug-likeness (QED) is 0.760. The predicted octanol–water partition coefficient (Wildman–Crippen LogP) is 4.92. The molecule has 2 rings (SSSR count). The summed E-state index contributed by atoms with van der Waals surface area (Å²) in [5, 5.41) is 10.6. The van der Waals surface area contributed by atoms with Crippen LogP contribution in [0, 0.1) is 17.6 Å². The molecule has 0 amide bonds. The Morgan fingerprint density at radius 3 is 2.25 bits per heavy atom. The average molecular weight is 282 g/mol. The molecule has 0 aliphatic heterocycles. The first kappa shape index (κ1) is 15.4. The van der Waals surface area contributed by atoms with E-state index in [4.69, 9.17) is 0 Å². The summed E-state index contributed by atoms with van der Waals surface area (Å²) in [5.74, 6) is -0.572. The van der Waals surface area contributed by atoms with Gasteiger partial charge in [0.1, 0.15) is 11.6 Å². The Labute approximate surface area is 120 Å². The molecule has 1 aromatic rings. The smallest absolute Gasteiger partial charge is 0.126 e. The van der Waals surface area contributed by atoms with E-state index in [2.05, 4.69) is 6.92 Å². The van der Waals surface area contributed by atoms with E-state index < -0.39 is 17.2 Å². The van der Waals surface area contributed by atoms with Gasteiger partial charge < -0.3 is 5.11 Å². The van der Waals surface area contributed by atoms with Gasteiger partial charge in [0.15, 0.2) is 0 Å². The van der Waals surface area contributed by atoms with Crippen LogP contribution < -0.4 is 0 Å². The first-order chi connectivity index (χ1) is 9.53. The number of hydrogen-bond donors (Lipinski definition) is 1. The fourth-order valence-corrected chi connectivity index (χ4v) is 3.24. The molecule has 0 bridgehead atoms.